The monoisotopic (exact) mass is 261 g/mol. The molecule has 0 aliphatic carbocycles. The predicted molar refractivity (Wildman–Crippen MR) is 71.8 cm³/mol. The van der Waals surface area contributed by atoms with Crippen LogP contribution in [0.3, 0.4) is 0 Å². The lowest BCUT2D eigenvalue weighted by Crippen LogP contribution is -2.31. The molecule has 1 saturated heterocycles. The van der Waals surface area contributed by atoms with Crippen molar-refractivity contribution in [3.05, 3.63) is 29.8 Å². The summed E-state index contributed by atoms with van der Waals surface area (Å²) in [5.41, 5.74) is 1.11. The number of likely N-dealkylation sites (tertiary alicyclic amines) is 1. The summed E-state index contributed by atoms with van der Waals surface area (Å²) in [4.78, 5) is 24.8. The fourth-order valence-electron chi connectivity index (χ4n) is 2.42. The maximum absolute atomic E-state index is 11.8. The van der Waals surface area contributed by atoms with Gasteiger partial charge in [0.05, 0.1) is 7.11 Å². The van der Waals surface area contributed by atoms with Gasteiger partial charge in [-0.25, -0.2) is 0 Å². The van der Waals surface area contributed by atoms with Crippen LogP contribution in [0.1, 0.15) is 25.3 Å². The van der Waals surface area contributed by atoms with Gasteiger partial charge in [0.25, 0.3) is 0 Å². The summed E-state index contributed by atoms with van der Waals surface area (Å²) in [6, 6.07) is 7.82. The zero-order valence-corrected chi connectivity index (χ0v) is 11.4. The van der Waals surface area contributed by atoms with Crippen molar-refractivity contribution in [3.63, 3.8) is 0 Å². The molecule has 0 N–H and O–H groups in total. The van der Waals surface area contributed by atoms with Gasteiger partial charge in [-0.15, -0.1) is 0 Å². The molecule has 1 aliphatic heterocycles. The van der Waals surface area contributed by atoms with Gasteiger partial charge in [0.2, 0.25) is 11.8 Å². The van der Waals surface area contributed by atoms with E-state index < -0.39 is 0 Å². The van der Waals surface area contributed by atoms with Gasteiger partial charge < -0.3 is 4.74 Å². The second kappa shape index (κ2) is 5.87. The van der Waals surface area contributed by atoms with Crippen molar-refractivity contribution in [2.45, 2.75) is 26.2 Å². The van der Waals surface area contributed by atoms with Crippen LogP contribution in [0.5, 0.6) is 5.75 Å². The van der Waals surface area contributed by atoms with E-state index in [1.807, 2.05) is 24.3 Å². The van der Waals surface area contributed by atoms with Crippen LogP contribution >= 0.6 is 0 Å². The van der Waals surface area contributed by atoms with E-state index in [-0.39, 0.29) is 17.7 Å². The van der Waals surface area contributed by atoms with Crippen LogP contribution in [-0.4, -0.2) is 30.4 Å². The summed E-state index contributed by atoms with van der Waals surface area (Å²) in [5, 5.41) is 0. The molecular formula is C15H19NO3. The summed E-state index contributed by atoms with van der Waals surface area (Å²) in [6.07, 6.45) is 1.92. The number of hydrogen-bond donors (Lipinski definition) is 0. The fraction of sp³-hybridized carbons (Fsp3) is 0.467. The van der Waals surface area contributed by atoms with Crippen LogP contribution in [0.25, 0.3) is 0 Å². The number of carbonyl (C=O) groups excluding carboxylic acids is 2. The van der Waals surface area contributed by atoms with Gasteiger partial charge in [-0.3, -0.25) is 14.5 Å². The van der Waals surface area contributed by atoms with Crippen molar-refractivity contribution in [3.8, 4) is 5.75 Å². The smallest absolute Gasteiger partial charge is 0.232 e. The Labute approximate surface area is 113 Å². The van der Waals surface area contributed by atoms with Crippen LogP contribution in [-0.2, 0) is 16.0 Å². The molecule has 0 saturated carbocycles. The molecule has 0 spiro atoms. The number of para-hydroxylation sites is 1. The molecule has 0 aromatic heterocycles. The van der Waals surface area contributed by atoms with E-state index >= 15 is 0 Å². The van der Waals surface area contributed by atoms with Crippen molar-refractivity contribution in [1.29, 1.82) is 0 Å². The highest BCUT2D eigenvalue weighted by molar-refractivity contribution is 6.03. The number of rotatable bonds is 5. The van der Waals surface area contributed by atoms with E-state index in [1.54, 1.807) is 14.0 Å². The molecule has 4 heteroatoms. The molecule has 0 bridgehead atoms. The molecular weight excluding hydrogens is 242 g/mol. The Kier molecular flexibility index (Phi) is 4.20. The molecule has 1 heterocycles. The number of imide groups is 1. The molecule has 1 aromatic carbocycles. The maximum atomic E-state index is 11.8. The molecule has 1 fully saturated rings. The number of carbonyl (C=O) groups is 2. The quantitative estimate of drug-likeness (QED) is 0.762. The number of benzene rings is 1. The highest BCUT2D eigenvalue weighted by Crippen LogP contribution is 2.21. The Balaban J connectivity index is 1.90. The van der Waals surface area contributed by atoms with Gasteiger partial charge in [-0.1, -0.05) is 25.1 Å². The Morgan fingerprint density at radius 3 is 2.68 bits per heavy atom. The first-order valence-corrected chi connectivity index (χ1v) is 6.59. The molecule has 1 aromatic rings. The fourth-order valence-corrected chi connectivity index (χ4v) is 2.42. The molecule has 2 amide bonds. The molecule has 4 nitrogen and oxygen atoms in total. The first-order valence-electron chi connectivity index (χ1n) is 6.59. The third-order valence-electron chi connectivity index (χ3n) is 3.49. The van der Waals surface area contributed by atoms with Crippen molar-refractivity contribution in [2.75, 3.05) is 13.7 Å². The van der Waals surface area contributed by atoms with Gasteiger partial charge in [-0.05, 0) is 24.5 Å². The van der Waals surface area contributed by atoms with E-state index in [9.17, 15) is 9.59 Å². The molecule has 1 aliphatic rings. The largest absolute Gasteiger partial charge is 0.496 e. The second-order valence-electron chi connectivity index (χ2n) is 4.90. The normalized spacial score (nSPS) is 19.1. The van der Waals surface area contributed by atoms with Crippen LogP contribution in [0.2, 0.25) is 0 Å². The van der Waals surface area contributed by atoms with Crippen molar-refractivity contribution >= 4 is 11.8 Å². The Morgan fingerprint density at radius 2 is 2.05 bits per heavy atom. The van der Waals surface area contributed by atoms with Gasteiger partial charge in [0, 0.05) is 18.9 Å². The van der Waals surface area contributed by atoms with Gasteiger partial charge >= 0.3 is 0 Å². The lowest BCUT2D eigenvalue weighted by Gasteiger charge is -2.14. The van der Waals surface area contributed by atoms with Crippen molar-refractivity contribution in [1.82, 2.24) is 4.90 Å². The molecule has 2 rings (SSSR count). The van der Waals surface area contributed by atoms with E-state index in [0.717, 1.165) is 24.2 Å². The van der Waals surface area contributed by atoms with Crippen molar-refractivity contribution < 1.29 is 14.3 Å². The number of aryl methyl sites for hydroxylation is 1. The Hall–Kier alpha value is -1.84. The average molecular weight is 261 g/mol. The third-order valence-corrected chi connectivity index (χ3v) is 3.49. The summed E-state index contributed by atoms with van der Waals surface area (Å²) >= 11 is 0. The van der Waals surface area contributed by atoms with Crippen LogP contribution in [0.15, 0.2) is 24.3 Å². The maximum Gasteiger partial charge on any atom is 0.232 e. The average Bonchev–Trinajstić information content (AvgIpc) is 2.65. The topological polar surface area (TPSA) is 46.6 Å². The molecule has 1 atom stereocenters. The van der Waals surface area contributed by atoms with Gasteiger partial charge in [0.15, 0.2) is 0 Å². The highest BCUT2D eigenvalue weighted by atomic mass is 16.5. The zero-order valence-electron chi connectivity index (χ0n) is 11.4. The predicted octanol–water partition coefficient (Wildman–Crippen LogP) is 2.02. The van der Waals surface area contributed by atoms with E-state index in [4.69, 9.17) is 4.74 Å². The minimum atomic E-state index is -0.154. The summed E-state index contributed by atoms with van der Waals surface area (Å²) in [6.45, 7) is 2.31. The number of amides is 2. The molecule has 0 radical (unpaired) electrons. The van der Waals surface area contributed by atoms with E-state index in [0.29, 0.717) is 13.0 Å². The highest BCUT2D eigenvalue weighted by Gasteiger charge is 2.34. The minimum absolute atomic E-state index is 0.0370. The van der Waals surface area contributed by atoms with E-state index in [1.165, 1.54) is 4.90 Å². The van der Waals surface area contributed by atoms with Gasteiger partial charge in [-0.2, -0.15) is 0 Å². The number of ether oxygens (including phenoxy) is 1. The summed E-state index contributed by atoms with van der Waals surface area (Å²) in [7, 11) is 1.65. The molecule has 0 unspecified atom stereocenters. The standard InChI is InChI=1S/C15H19NO3/c1-11-10-14(17)16(15(11)18)9-5-7-12-6-3-4-8-13(12)19-2/h3-4,6,8,11H,5,7,9-10H2,1-2H3/t11-/m1/s1. The van der Waals surface area contributed by atoms with E-state index in [2.05, 4.69) is 0 Å². The Bertz CT molecular complexity index is 484. The lowest BCUT2D eigenvalue weighted by atomic mass is 10.1. The number of hydrogen-bond acceptors (Lipinski definition) is 3. The molecule has 102 valence electrons. The first-order chi connectivity index (χ1) is 9.13. The van der Waals surface area contributed by atoms with Crippen LogP contribution < -0.4 is 4.74 Å². The third kappa shape index (κ3) is 2.95. The lowest BCUT2D eigenvalue weighted by molar-refractivity contribution is -0.139. The van der Waals surface area contributed by atoms with Crippen LogP contribution in [0, 0.1) is 5.92 Å². The minimum Gasteiger partial charge on any atom is -0.496 e. The second-order valence-corrected chi connectivity index (χ2v) is 4.90. The van der Waals surface area contributed by atoms with Gasteiger partial charge in [0.1, 0.15) is 5.75 Å². The SMILES string of the molecule is COc1ccccc1CCCN1C(=O)C[C@@H](C)C1=O. The summed E-state index contributed by atoms with van der Waals surface area (Å²) in [5.74, 6) is 0.622. The molecule has 19 heavy (non-hydrogen) atoms. The van der Waals surface area contributed by atoms with Crippen LogP contribution in [0.4, 0.5) is 0 Å². The Morgan fingerprint density at radius 1 is 1.32 bits per heavy atom. The zero-order chi connectivity index (χ0) is 13.8. The van der Waals surface area contributed by atoms with Crippen molar-refractivity contribution in [2.24, 2.45) is 5.92 Å². The summed E-state index contributed by atoms with van der Waals surface area (Å²) < 4.78 is 5.28. The first kappa shape index (κ1) is 13.6. The number of methoxy groups -OCH3 is 1. The number of nitrogens with zero attached hydrogens (tertiary/aromatic N) is 1.